The molecule has 0 saturated heterocycles. The van der Waals surface area contributed by atoms with Gasteiger partial charge in [-0.3, -0.25) is 4.79 Å². The van der Waals surface area contributed by atoms with Crippen LogP contribution in [0.5, 0.6) is 0 Å². The van der Waals surface area contributed by atoms with Crippen molar-refractivity contribution >= 4 is 23.5 Å². The highest BCUT2D eigenvalue weighted by atomic mass is 35.5. The van der Waals surface area contributed by atoms with Crippen LogP contribution in [0.1, 0.15) is 24.9 Å². The number of carbonyl (C=O) groups excluding carboxylic acids is 2. The minimum Gasteiger partial charge on any atom is -0.333 e. The molecule has 0 aromatic heterocycles. The van der Waals surface area contributed by atoms with Crippen molar-refractivity contribution in [3.05, 3.63) is 46.1 Å². The molecule has 0 unspecified atom stereocenters. The van der Waals surface area contributed by atoms with Crippen LogP contribution < -0.4 is 10.6 Å². The number of carbonyl (C=O) groups is 2. The zero-order valence-corrected chi connectivity index (χ0v) is 12.4. The number of halogens is 1. The molecule has 6 heteroatoms. The maximum atomic E-state index is 12.6. The smallest absolute Gasteiger partial charge is 0.319 e. The number of nitrogens with zero attached hydrogens (tertiary/aromatic N) is 1. The number of amides is 3. The monoisotopic (exact) mass is 305 g/mol. The summed E-state index contributed by atoms with van der Waals surface area (Å²) in [6.45, 7) is 3.15. The quantitative estimate of drug-likeness (QED) is 0.899. The predicted molar refractivity (Wildman–Crippen MR) is 79.8 cm³/mol. The van der Waals surface area contributed by atoms with Gasteiger partial charge in [0.25, 0.3) is 5.91 Å². The average Bonchev–Trinajstić information content (AvgIpc) is 2.75. The molecule has 0 bridgehead atoms. The second-order valence-electron chi connectivity index (χ2n) is 5.17. The summed E-state index contributed by atoms with van der Waals surface area (Å²) >= 11 is 6.22. The summed E-state index contributed by atoms with van der Waals surface area (Å²) in [5.41, 5.74) is 2.02. The lowest BCUT2D eigenvalue weighted by Crippen LogP contribution is -2.44. The number of urea groups is 1. The first-order valence-electron chi connectivity index (χ1n) is 6.96. The first-order chi connectivity index (χ1) is 10.1. The van der Waals surface area contributed by atoms with Gasteiger partial charge in [0.1, 0.15) is 0 Å². The van der Waals surface area contributed by atoms with E-state index in [1.807, 2.05) is 25.1 Å². The van der Waals surface area contributed by atoms with Gasteiger partial charge in [-0.25, -0.2) is 4.79 Å². The molecule has 1 aromatic carbocycles. The van der Waals surface area contributed by atoms with Crippen molar-refractivity contribution < 1.29 is 9.59 Å². The SMILES string of the molecule is CCCN1CC2=C(C1=O)[C@@H](c1ccccc1Cl)NC(=O)N2. The lowest BCUT2D eigenvalue weighted by Gasteiger charge is -2.26. The summed E-state index contributed by atoms with van der Waals surface area (Å²) in [5.74, 6) is -0.0377. The molecule has 0 aliphatic carbocycles. The second kappa shape index (κ2) is 5.41. The molecule has 2 N–H and O–H groups in total. The number of hydrogen-bond donors (Lipinski definition) is 2. The van der Waals surface area contributed by atoms with Gasteiger partial charge in [0.2, 0.25) is 0 Å². The average molecular weight is 306 g/mol. The minimum absolute atomic E-state index is 0.0377. The Balaban J connectivity index is 2.01. The van der Waals surface area contributed by atoms with E-state index in [0.717, 1.165) is 12.0 Å². The van der Waals surface area contributed by atoms with Crippen molar-refractivity contribution in [2.75, 3.05) is 13.1 Å². The van der Waals surface area contributed by atoms with Gasteiger partial charge in [-0.1, -0.05) is 36.7 Å². The van der Waals surface area contributed by atoms with E-state index in [0.29, 0.717) is 29.4 Å². The third-order valence-corrected chi connectivity index (χ3v) is 4.07. The van der Waals surface area contributed by atoms with E-state index < -0.39 is 6.04 Å². The summed E-state index contributed by atoms with van der Waals surface area (Å²) in [5, 5.41) is 6.08. The van der Waals surface area contributed by atoms with Gasteiger partial charge in [-0.2, -0.15) is 0 Å². The molecule has 2 heterocycles. The van der Waals surface area contributed by atoms with Crippen LogP contribution in [0.2, 0.25) is 5.02 Å². The molecule has 110 valence electrons. The van der Waals surface area contributed by atoms with Crippen LogP contribution in [0.15, 0.2) is 35.5 Å². The van der Waals surface area contributed by atoms with E-state index >= 15 is 0 Å². The van der Waals surface area contributed by atoms with Crippen LogP contribution in [0, 0.1) is 0 Å². The Bertz CT molecular complexity index is 642. The molecule has 2 aliphatic rings. The topological polar surface area (TPSA) is 61.4 Å². The van der Waals surface area contributed by atoms with Gasteiger partial charge in [-0.15, -0.1) is 0 Å². The van der Waals surface area contributed by atoms with Gasteiger partial charge in [0.05, 0.1) is 23.9 Å². The normalized spacial score (nSPS) is 21.2. The summed E-state index contributed by atoms with van der Waals surface area (Å²) in [6.07, 6.45) is 0.879. The maximum absolute atomic E-state index is 12.6. The van der Waals surface area contributed by atoms with Gasteiger partial charge < -0.3 is 15.5 Å². The van der Waals surface area contributed by atoms with E-state index in [1.54, 1.807) is 11.0 Å². The van der Waals surface area contributed by atoms with Crippen molar-refractivity contribution in [3.63, 3.8) is 0 Å². The van der Waals surface area contributed by atoms with E-state index in [1.165, 1.54) is 0 Å². The van der Waals surface area contributed by atoms with Crippen molar-refractivity contribution in [2.45, 2.75) is 19.4 Å². The molecule has 3 rings (SSSR count). The zero-order chi connectivity index (χ0) is 15.0. The van der Waals surface area contributed by atoms with Crippen molar-refractivity contribution in [3.8, 4) is 0 Å². The number of nitrogens with one attached hydrogen (secondary N) is 2. The van der Waals surface area contributed by atoms with Gasteiger partial charge >= 0.3 is 6.03 Å². The molecule has 0 radical (unpaired) electrons. The second-order valence-corrected chi connectivity index (χ2v) is 5.58. The Hall–Kier alpha value is -2.01. The first kappa shape index (κ1) is 13.9. The molecule has 1 aromatic rings. The highest BCUT2D eigenvalue weighted by Crippen LogP contribution is 2.35. The lowest BCUT2D eigenvalue weighted by atomic mass is 9.96. The van der Waals surface area contributed by atoms with Crippen LogP contribution >= 0.6 is 11.6 Å². The largest absolute Gasteiger partial charge is 0.333 e. The Labute approximate surface area is 128 Å². The van der Waals surface area contributed by atoms with Crippen LogP contribution in [-0.2, 0) is 4.79 Å². The number of rotatable bonds is 3. The first-order valence-corrected chi connectivity index (χ1v) is 7.34. The summed E-state index contributed by atoms with van der Waals surface area (Å²) in [7, 11) is 0. The van der Waals surface area contributed by atoms with E-state index in [9.17, 15) is 9.59 Å². The third-order valence-electron chi connectivity index (χ3n) is 3.73. The zero-order valence-electron chi connectivity index (χ0n) is 11.6. The van der Waals surface area contributed by atoms with Gasteiger partial charge in [0, 0.05) is 11.6 Å². The molecular formula is C15H16ClN3O2. The number of hydrogen-bond acceptors (Lipinski definition) is 2. The molecule has 5 nitrogen and oxygen atoms in total. The lowest BCUT2D eigenvalue weighted by molar-refractivity contribution is -0.125. The highest BCUT2D eigenvalue weighted by molar-refractivity contribution is 6.31. The summed E-state index contributed by atoms with van der Waals surface area (Å²) in [4.78, 5) is 26.2. The van der Waals surface area contributed by atoms with Gasteiger partial charge in [0.15, 0.2) is 0 Å². The number of benzene rings is 1. The Morgan fingerprint density at radius 1 is 1.33 bits per heavy atom. The molecule has 21 heavy (non-hydrogen) atoms. The van der Waals surface area contributed by atoms with Crippen molar-refractivity contribution in [2.24, 2.45) is 0 Å². The molecule has 3 amide bonds. The molecule has 2 aliphatic heterocycles. The molecule has 0 saturated carbocycles. The van der Waals surface area contributed by atoms with E-state index in [-0.39, 0.29) is 11.9 Å². The molecule has 1 atom stereocenters. The van der Waals surface area contributed by atoms with Crippen LogP contribution in [0.3, 0.4) is 0 Å². The minimum atomic E-state index is -0.489. The van der Waals surface area contributed by atoms with Crippen LogP contribution in [0.25, 0.3) is 0 Å². The van der Waals surface area contributed by atoms with Crippen molar-refractivity contribution in [1.29, 1.82) is 0 Å². The van der Waals surface area contributed by atoms with Crippen LogP contribution in [0.4, 0.5) is 4.79 Å². The molecule has 0 spiro atoms. The van der Waals surface area contributed by atoms with Crippen LogP contribution in [-0.4, -0.2) is 29.9 Å². The van der Waals surface area contributed by atoms with Crippen molar-refractivity contribution in [1.82, 2.24) is 15.5 Å². The highest BCUT2D eigenvalue weighted by Gasteiger charge is 2.40. The Kier molecular flexibility index (Phi) is 3.59. The molecular weight excluding hydrogens is 290 g/mol. The Morgan fingerprint density at radius 3 is 2.81 bits per heavy atom. The van der Waals surface area contributed by atoms with E-state index in [2.05, 4.69) is 10.6 Å². The fraction of sp³-hybridized carbons (Fsp3) is 0.333. The maximum Gasteiger partial charge on any atom is 0.319 e. The third kappa shape index (κ3) is 2.38. The fourth-order valence-electron chi connectivity index (χ4n) is 2.82. The summed E-state index contributed by atoms with van der Waals surface area (Å²) in [6, 6.07) is 6.47. The fourth-order valence-corrected chi connectivity index (χ4v) is 3.07. The van der Waals surface area contributed by atoms with Gasteiger partial charge in [-0.05, 0) is 18.1 Å². The van der Waals surface area contributed by atoms with E-state index in [4.69, 9.17) is 11.6 Å². The predicted octanol–water partition coefficient (Wildman–Crippen LogP) is 2.20. The standard InChI is InChI=1S/C15H16ClN3O2/c1-2-7-19-8-11-12(14(19)20)13(18-15(21)17-11)9-5-3-4-6-10(9)16/h3-6,13H,2,7-8H2,1H3,(H2,17,18,21)/t13-/m1/s1. The summed E-state index contributed by atoms with van der Waals surface area (Å²) < 4.78 is 0. The Morgan fingerprint density at radius 2 is 2.10 bits per heavy atom. The molecule has 0 fully saturated rings.